The second-order valence-electron chi connectivity index (χ2n) is 3.22. The summed E-state index contributed by atoms with van der Waals surface area (Å²) in [5.74, 6) is -1.86. The van der Waals surface area contributed by atoms with Gasteiger partial charge in [-0.3, -0.25) is 4.79 Å². The molecule has 0 aromatic heterocycles. The van der Waals surface area contributed by atoms with E-state index in [1.54, 1.807) is 0 Å². The number of hydrogen-bond acceptors (Lipinski definition) is 2. The Labute approximate surface area is 79.6 Å². The standard InChI is InChI=1S/C8H12F3NO2/c1-2-14-6-3-5(4-6)12-7(13)8(9,10)11/h5-6H,2-4H2,1H3,(H,12,13). The van der Waals surface area contributed by atoms with E-state index in [4.69, 9.17) is 4.74 Å². The number of hydrogen-bond donors (Lipinski definition) is 1. The number of amides is 1. The molecule has 0 saturated heterocycles. The average molecular weight is 211 g/mol. The third-order valence-electron chi connectivity index (χ3n) is 2.09. The molecule has 0 radical (unpaired) electrons. The maximum absolute atomic E-state index is 11.8. The number of ether oxygens (including phenoxy) is 1. The number of carbonyl (C=O) groups excluding carboxylic acids is 1. The molecule has 82 valence electrons. The number of alkyl halides is 3. The number of nitrogens with one attached hydrogen (secondary N) is 1. The van der Waals surface area contributed by atoms with E-state index in [1.165, 1.54) is 0 Å². The molecule has 0 heterocycles. The quantitative estimate of drug-likeness (QED) is 0.762. The SMILES string of the molecule is CCOC1CC(NC(=O)C(F)(F)F)C1. The molecule has 1 N–H and O–H groups in total. The van der Waals surface area contributed by atoms with Gasteiger partial charge in [-0.1, -0.05) is 0 Å². The fraction of sp³-hybridized carbons (Fsp3) is 0.875. The topological polar surface area (TPSA) is 38.3 Å². The van der Waals surface area contributed by atoms with Gasteiger partial charge in [-0.2, -0.15) is 13.2 Å². The normalized spacial score (nSPS) is 26.9. The van der Waals surface area contributed by atoms with E-state index < -0.39 is 12.1 Å². The van der Waals surface area contributed by atoms with Crippen LogP contribution in [0.4, 0.5) is 13.2 Å². The minimum Gasteiger partial charge on any atom is -0.378 e. The minimum absolute atomic E-state index is 0.00136. The summed E-state index contributed by atoms with van der Waals surface area (Å²) in [6, 6.07) is -0.388. The highest BCUT2D eigenvalue weighted by Gasteiger charge is 2.42. The zero-order valence-electron chi connectivity index (χ0n) is 7.73. The average Bonchev–Trinajstić information content (AvgIpc) is 1.98. The molecule has 0 unspecified atom stereocenters. The van der Waals surface area contributed by atoms with Crippen LogP contribution < -0.4 is 5.32 Å². The largest absolute Gasteiger partial charge is 0.471 e. The molecule has 0 bridgehead atoms. The van der Waals surface area contributed by atoms with Crippen LogP contribution in [0, 0.1) is 0 Å². The van der Waals surface area contributed by atoms with E-state index in [-0.39, 0.29) is 12.1 Å². The minimum atomic E-state index is -4.78. The van der Waals surface area contributed by atoms with Crippen molar-refractivity contribution in [3.05, 3.63) is 0 Å². The Morgan fingerprint density at radius 2 is 2.07 bits per heavy atom. The van der Waals surface area contributed by atoms with Crippen molar-refractivity contribution in [2.45, 2.75) is 38.1 Å². The lowest BCUT2D eigenvalue weighted by atomic mass is 9.89. The van der Waals surface area contributed by atoms with Gasteiger partial charge in [-0.25, -0.2) is 0 Å². The van der Waals surface area contributed by atoms with Crippen molar-refractivity contribution in [3.8, 4) is 0 Å². The molecule has 6 heteroatoms. The second-order valence-corrected chi connectivity index (χ2v) is 3.22. The summed E-state index contributed by atoms with van der Waals surface area (Å²) in [5.41, 5.74) is 0. The third kappa shape index (κ3) is 2.87. The molecule has 3 nitrogen and oxygen atoms in total. The lowest BCUT2D eigenvalue weighted by molar-refractivity contribution is -0.175. The summed E-state index contributed by atoms with van der Waals surface area (Å²) < 4.78 is 40.5. The summed E-state index contributed by atoms with van der Waals surface area (Å²) in [6.07, 6.45) is -3.85. The predicted molar refractivity (Wildman–Crippen MR) is 42.6 cm³/mol. The number of rotatable bonds is 3. The van der Waals surface area contributed by atoms with Crippen LogP contribution in [0.15, 0.2) is 0 Å². The molecular formula is C8H12F3NO2. The molecule has 1 saturated carbocycles. The molecular weight excluding hydrogens is 199 g/mol. The Balaban J connectivity index is 2.20. The van der Waals surface area contributed by atoms with Gasteiger partial charge in [0, 0.05) is 12.6 Å². The first kappa shape index (κ1) is 11.3. The van der Waals surface area contributed by atoms with Crippen molar-refractivity contribution in [2.24, 2.45) is 0 Å². The summed E-state index contributed by atoms with van der Waals surface area (Å²) >= 11 is 0. The summed E-state index contributed by atoms with van der Waals surface area (Å²) in [6.45, 7) is 2.37. The molecule has 1 rings (SSSR count). The zero-order valence-corrected chi connectivity index (χ0v) is 7.73. The van der Waals surface area contributed by atoms with Crippen LogP contribution in [0.1, 0.15) is 19.8 Å². The van der Waals surface area contributed by atoms with E-state index in [0.29, 0.717) is 19.4 Å². The molecule has 1 amide bonds. The van der Waals surface area contributed by atoms with E-state index in [2.05, 4.69) is 0 Å². The van der Waals surface area contributed by atoms with Crippen molar-refractivity contribution in [2.75, 3.05) is 6.61 Å². The molecule has 0 aromatic rings. The maximum atomic E-state index is 11.8. The molecule has 1 aliphatic carbocycles. The Bertz CT molecular complexity index is 211. The highest BCUT2D eigenvalue weighted by atomic mass is 19.4. The summed E-state index contributed by atoms with van der Waals surface area (Å²) in [4.78, 5) is 10.5. The van der Waals surface area contributed by atoms with Crippen LogP contribution in [0.3, 0.4) is 0 Å². The van der Waals surface area contributed by atoms with Crippen LogP contribution in [0.25, 0.3) is 0 Å². The van der Waals surface area contributed by atoms with Gasteiger partial charge in [0.15, 0.2) is 0 Å². The zero-order chi connectivity index (χ0) is 10.8. The van der Waals surface area contributed by atoms with Crippen LogP contribution >= 0.6 is 0 Å². The van der Waals surface area contributed by atoms with E-state index in [1.807, 2.05) is 12.2 Å². The van der Waals surface area contributed by atoms with E-state index in [0.717, 1.165) is 0 Å². The first-order chi connectivity index (χ1) is 6.43. The van der Waals surface area contributed by atoms with Crippen LogP contribution in [0.2, 0.25) is 0 Å². The van der Waals surface area contributed by atoms with Gasteiger partial charge in [0.2, 0.25) is 0 Å². The van der Waals surface area contributed by atoms with Gasteiger partial charge in [0.05, 0.1) is 6.10 Å². The Morgan fingerprint density at radius 3 is 2.50 bits per heavy atom. The number of carbonyl (C=O) groups is 1. The van der Waals surface area contributed by atoms with Crippen LogP contribution in [-0.4, -0.2) is 30.8 Å². The van der Waals surface area contributed by atoms with Crippen LogP contribution in [-0.2, 0) is 9.53 Å². The lowest BCUT2D eigenvalue weighted by Gasteiger charge is -2.35. The van der Waals surface area contributed by atoms with Crippen molar-refractivity contribution < 1.29 is 22.7 Å². The molecule has 0 aromatic carbocycles. The molecule has 1 aliphatic rings. The molecule has 14 heavy (non-hydrogen) atoms. The van der Waals surface area contributed by atoms with Crippen molar-refractivity contribution in [3.63, 3.8) is 0 Å². The monoisotopic (exact) mass is 211 g/mol. The number of halogens is 3. The highest BCUT2D eigenvalue weighted by Crippen LogP contribution is 2.24. The lowest BCUT2D eigenvalue weighted by Crippen LogP contribution is -2.51. The van der Waals surface area contributed by atoms with Gasteiger partial charge in [-0.05, 0) is 19.8 Å². The molecule has 0 atom stereocenters. The van der Waals surface area contributed by atoms with E-state index >= 15 is 0 Å². The maximum Gasteiger partial charge on any atom is 0.471 e. The van der Waals surface area contributed by atoms with Gasteiger partial charge in [-0.15, -0.1) is 0 Å². The van der Waals surface area contributed by atoms with Crippen LogP contribution in [0.5, 0.6) is 0 Å². The third-order valence-corrected chi connectivity index (χ3v) is 2.09. The Hall–Kier alpha value is -0.780. The summed E-state index contributed by atoms with van der Waals surface area (Å²) in [7, 11) is 0. The smallest absolute Gasteiger partial charge is 0.378 e. The Kier molecular flexibility index (Phi) is 3.36. The Morgan fingerprint density at radius 1 is 1.50 bits per heavy atom. The molecule has 0 spiro atoms. The van der Waals surface area contributed by atoms with Crippen molar-refractivity contribution >= 4 is 5.91 Å². The van der Waals surface area contributed by atoms with E-state index in [9.17, 15) is 18.0 Å². The van der Waals surface area contributed by atoms with Gasteiger partial charge >= 0.3 is 12.1 Å². The second kappa shape index (κ2) is 4.16. The summed E-state index contributed by atoms with van der Waals surface area (Å²) in [5, 5.41) is 1.90. The predicted octanol–water partition coefficient (Wildman–Crippen LogP) is 1.23. The van der Waals surface area contributed by atoms with Crippen molar-refractivity contribution in [1.82, 2.24) is 5.32 Å². The molecule has 0 aliphatic heterocycles. The van der Waals surface area contributed by atoms with Gasteiger partial charge in [0.1, 0.15) is 0 Å². The fourth-order valence-corrected chi connectivity index (χ4v) is 1.32. The fourth-order valence-electron chi connectivity index (χ4n) is 1.32. The van der Waals surface area contributed by atoms with Gasteiger partial charge < -0.3 is 10.1 Å². The van der Waals surface area contributed by atoms with Gasteiger partial charge in [0.25, 0.3) is 0 Å². The molecule has 1 fully saturated rings. The first-order valence-corrected chi connectivity index (χ1v) is 4.42. The first-order valence-electron chi connectivity index (χ1n) is 4.42. The van der Waals surface area contributed by atoms with Crippen molar-refractivity contribution in [1.29, 1.82) is 0 Å². The highest BCUT2D eigenvalue weighted by molar-refractivity contribution is 5.82.